The van der Waals surface area contributed by atoms with Crippen LogP contribution in [0, 0.1) is 0 Å². The first kappa shape index (κ1) is 22.0. The van der Waals surface area contributed by atoms with Gasteiger partial charge in [0, 0.05) is 50.5 Å². The summed E-state index contributed by atoms with van der Waals surface area (Å²) < 4.78 is 0. The minimum absolute atomic E-state index is 0.00333. The maximum absolute atomic E-state index is 12.6. The third-order valence-corrected chi connectivity index (χ3v) is 5.37. The molecule has 2 amide bonds. The van der Waals surface area contributed by atoms with Gasteiger partial charge >= 0.3 is 0 Å². The van der Waals surface area contributed by atoms with E-state index in [-0.39, 0.29) is 23.6 Å². The molecule has 0 bridgehead atoms. The van der Waals surface area contributed by atoms with Crippen LogP contribution < -0.4 is 5.32 Å². The fourth-order valence-electron chi connectivity index (χ4n) is 3.38. The van der Waals surface area contributed by atoms with Crippen LogP contribution in [0.15, 0.2) is 24.3 Å². The molecule has 1 aromatic carbocycles. The normalized spacial score (nSPS) is 16.4. The molecule has 0 radical (unpaired) electrons. The molecule has 1 aliphatic rings. The Balaban J connectivity index is 1.82. The second-order valence-electron chi connectivity index (χ2n) is 7.18. The van der Waals surface area contributed by atoms with Crippen molar-refractivity contribution < 1.29 is 14.4 Å². The molecule has 28 heavy (non-hydrogen) atoms. The lowest BCUT2D eigenvalue weighted by atomic mass is 10.1. The number of carbonyl (C=O) groups is 3. The topological polar surface area (TPSA) is 73.0 Å². The summed E-state index contributed by atoms with van der Waals surface area (Å²) in [6.45, 7) is 12.4. The highest BCUT2D eigenvalue weighted by atomic mass is 16.2. The molecule has 2 rings (SSSR count). The Morgan fingerprint density at radius 3 is 2.11 bits per heavy atom. The van der Waals surface area contributed by atoms with E-state index in [1.54, 1.807) is 24.3 Å². The van der Waals surface area contributed by atoms with Gasteiger partial charge in [0.25, 0.3) is 0 Å². The summed E-state index contributed by atoms with van der Waals surface area (Å²) in [5.74, 6) is 0.102. The molecule has 1 saturated heterocycles. The molecule has 0 aliphatic carbocycles. The quantitative estimate of drug-likeness (QED) is 0.687. The first-order valence-corrected chi connectivity index (χ1v) is 10.0. The number of amides is 2. The molecule has 154 valence electrons. The Morgan fingerprint density at radius 1 is 1.04 bits per heavy atom. The highest BCUT2D eigenvalue weighted by Crippen LogP contribution is 2.13. The van der Waals surface area contributed by atoms with Gasteiger partial charge in [-0.15, -0.1) is 0 Å². The summed E-state index contributed by atoms with van der Waals surface area (Å²) in [4.78, 5) is 42.3. The van der Waals surface area contributed by atoms with Gasteiger partial charge in [-0.25, -0.2) is 0 Å². The number of nitrogens with one attached hydrogen (secondary N) is 1. The van der Waals surface area contributed by atoms with Crippen molar-refractivity contribution in [3.63, 3.8) is 0 Å². The zero-order valence-electron chi connectivity index (χ0n) is 17.4. The third kappa shape index (κ3) is 5.87. The van der Waals surface area contributed by atoms with E-state index < -0.39 is 0 Å². The largest absolute Gasteiger partial charge is 0.342 e. The summed E-state index contributed by atoms with van der Waals surface area (Å²) in [5, 5.41) is 2.91. The van der Waals surface area contributed by atoms with Gasteiger partial charge in [0.1, 0.15) is 0 Å². The van der Waals surface area contributed by atoms with E-state index in [1.807, 2.05) is 25.7 Å². The zero-order valence-corrected chi connectivity index (χ0v) is 17.4. The third-order valence-electron chi connectivity index (χ3n) is 5.37. The molecule has 1 fully saturated rings. The van der Waals surface area contributed by atoms with E-state index in [1.165, 1.54) is 6.92 Å². The van der Waals surface area contributed by atoms with E-state index in [9.17, 15) is 14.4 Å². The lowest BCUT2D eigenvalue weighted by molar-refractivity contribution is -0.133. The average molecular weight is 389 g/mol. The zero-order chi connectivity index (χ0) is 20.7. The highest BCUT2D eigenvalue weighted by Gasteiger charge is 2.27. The summed E-state index contributed by atoms with van der Waals surface area (Å²) in [5.41, 5.74) is 1.31. The molecule has 0 spiro atoms. The van der Waals surface area contributed by atoms with Gasteiger partial charge in [0.15, 0.2) is 5.78 Å². The molecule has 1 heterocycles. The number of hydrogen-bond donors (Lipinski definition) is 1. The maximum Gasteiger partial charge on any atom is 0.241 e. The molecular weight excluding hydrogens is 356 g/mol. The highest BCUT2D eigenvalue weighted by molar-refractivity contribution is 5.97. The molecule has 1 unspecified atom stereocenters. The molecule has 1 atom stereocenters. The predicted octanol–water partition coefficient (Wildman–Crippen LogP) is 1.70. The Bertz CT molecular complexity index is 677. The Kier molecular flexibility index (Phi) is 8.14. The van der Waals surface area contributed by atoms with Crippen LogP contribution in [0.25, 0.3) is 0 Å². The number of nitrogens with zero attached hydrogens (tertiary/aromatic N) is 3. The number of Topliss-reactive ketones (excluding diaryl/α,β-unsaturated/α-hetero) is 1. The van der Waals surface area contributed by atoms with Crippen LogP contribution in [-0.4, -0.2) is 84.2 Å². The molecule has 1 aromatic rings. The van der Waals surface area contributed by atoms with Crippen LogP contribution in [0.2, 0.25) is 0 Å². The smallest absolute Gasteiger partial charge is 0.241 e. The standard InChI is InChI=1S/C21H32N4O3/c1-5-24(6-2)20(27)15-23-11-13-25(14-12-23)16(3)21(28)22-19-9-7-18(8-10-19)17(4)26/h7-10,16H,5-6,11-15H2,1-4H3,(H,22,28). The Labute approximate surface area is 167 Å². The number of anilines is 1. The Morgan fingerprint density at radius 2 is 1.61 bits per heavy atom. The fourth-order valence-corrected chi connectivity index (χ4v) is 3.38. The lowest BCUT2D eigenvalue weighted by Gasteiger charge is -2.37. The van der Waals surface area contributed by atoms with Gasteiger partial charge in [0.05, 0.1) is 12.6 Å². The van der Waals surface area contributed by atoms with Gasteiger partial charge in [0.2, 0.25) is 11.8 Å². The molecule has 0 aromatic heterocycles. The first-order chi connectivity index (χ1) is 13.3. The van der Waals surface area contributed by atoms with Crippen molar-refractivity contribution in [1.29, 1.82) is 0 Å². The van der Waals surface area contributed by atoms with Gasteiger partial charge in [-0.05, 0) is 52.0 Å². The van der Waals surface area contributed by atoms with E-state index in [4.69, 9.17) is 0 Å². The monoisotopic (exact) mass is 388 g/mol. The van der Waals surface area contributed by atoms with E-state index >= 15 is 0 Å². The first-order valence-electron chi connectivity index (χ1n) is 10.0. The molecule has 1 aliphatic heterocycles. The SMILES string of the molecule is CCN(CC)C(=O)CN1CCN(C(C)C(=O)Nc2ccc(C(C)=O)cc2)CC1. The van der Waals surface area contributed by atoms with Gasteiger partial charge < -0.3 is 10.2 Å². The number of rotatable bonds is 8. The number of piperazine rings is 1. The maximum atomic E-state index is 12.6. The number of likely N-dealkylation sites (N-methyl/N-ethyl adjacent to an activating group) is 1. The van der Waals surface area contributed by atoms with Crippen molar-refractivity contribution in [1.82, 2.24) is 14.7 Å². The lowest BCUT2D eigenvalue weighted by Crippen LogP contribution is -2.54. The van der Waals surface area contributed by atoms with Crippen LogP contribution in [0.1, 0.15) is 38.1 Å². The van der Waals surface area contributed by atoms with Crippen molar-refractivity contribution >= 4 is 23.3 Å². The number of ketones is 1. The molecular formula is C21H32N4O3. The number of carbonyl (C=O) groups excluding carboxylic acids is 3. The molecule has 1 N–H and O–H groups in total. The van der Waals surface area contributed by atoms with Crippen LogP contribution in [0.3, 0.4) is 0 Å². The van der Waals surface area contributed by atoms with E-state index in [2.05, 4.69) is 15.1 Å². The van der Waals surface area contributed by atoms with Crippen LogP contribution in [-0.2, 0) is 9.59 Å². The van der Waals surface area contributed by atoms with Crippen molar-refractivity contribution in [2.45, 2.75) is 33.7 Å². The summed E-state index contributed by atoms with van der Waals surface area (Å²) >= 11 is 0. The van der Waals surface area contributed by atoms with Crippen molar-refractivity contribution in [2.75, 3.05) is 51.1 Å². The summed E-state index contributed by atoms with van der Waals surface area (Å²) in [6.07, 6.45) is 0. The number of hydrogen-bond acceptors (Lipinski definition) is 5. The molecule has 7 heteroatoms. The molecule has 0 saturated carbocycles. The van der Waals surface area contributed by atoms with Crippen LogP contribution in [0.4, 0.5) is 5.69 Å². The van der Waals surface area contributed by atoms with Gasteiger partial charge in [-0.3, -0.25) is 24.2 Å². The van der Waals surface area contributed by atoms with Crippen molar-refractivity contribution in [3.8, 4) is 0 Å². The van der Waals surface area contributed by atoms with Crippen LogP contribution in [0.5, 0.6) is 0 Å². The van der Waals surface area contributed by atoms with Crippen molar-refractivity contribution in [2.24, 2.45) is 0 Å². The van der Waals surface area contributed by atoms with Crippen LogP contribution >= 0.6 is 0 Å². The second kappa shape index (κ2) is 10.3. The predicted molar refractivity (Wildman–Crippen MR) is 110 cm³/mol. The Hall–Kier alpha value is -2.25. The fraction of sp³-hybridized carbons (Fsp3) is 0.571. The molecule has 7 nitrogen and oxygen atoms in total. The van der Waals surface area contributed by atoms with E-state index in [0.29, 0.717) is 17.8 Å². The number of benzene rings is 1. The minimum Gasteiger partial charge on any atom is -0.342 e. The average Bonchev–Trinajstić information content (AvgIpc) is 2.69. The van der Waals surface area contributed by atoms with E-state index in [0.717, 1.165) is 39.3 Å². The summed E-state index contributed by atoms with van der Waals surface area (Å²) in [7, 11) is 0. The van der Waals surface area contributed by atoms with Crippen molar-refractivity contribution in [3.05, 3.63) is 29.8 Å². The second-order valence-corrected chi connectivity index (χ2v) is 7.18. The summed E-state index contributed by atoms with van der Waals surface area (Å²) in [6, 6.07) is 6.67. The minimum atomic E-state index is -0.256. The van der Waals surface area contributed by atoms with Gasteiger partial charge in [-0.1, -0.05) is 0 Å². The van der Waals surface area contributed by atoms with Gasteiger partial charge in [-0.2, -0.15) is 0 Å².